The van der Waals surface area contributed by atoms with E-state index in [1.54, 1.807) is 28.7 Å². The van der Waals surface area contributed by atoms with Gasteiger partial charge in [-0.1, -0.05) is 0 Å². The van der Waals surface area contributed by atoms with E-state index in [0.29, 0.717) is 0 Å². The van der Waals surface area contributed by atoms with E-state index in [4.69, 9.17) is 11.0 Å². The average Bonchev–Trinajstić information content (AvgIpc) is 2.20. The summed E-state index contributed by atoms with van der Waals surface area (Å²) in [5.41, 5.74) is 5.69. The van der Waals surface area contributed by atoms with Crippen molar-refractivity contribution in [1.29, 1.82) is 5.26 Å². The van der Waals surface area contributed by atoms with E-state index in [-0.39, 0.29) is 27.9 Å². The second-order valence-corrected chi connectivity index (χ2v) is 3.99. The Morgan fingerprint density at radius 1 is 1.53 bits per heavy atom. The zero-order valence-electron chi connectivity index (χ0n) is 8.38. The first-order chi connectivity index (χ1) is 7.87. The number of rotatable bonds is 3. The highest BCUT2D eigenvalue weighted by molar-refractivity contribution is 14.1. The Morgan fingerprint density at radius 2 is 2.18 bits per heavy atom. The Bertz CT molecular complexity index is 456. The monoisotopic (exact) mass is 357 g/mol. The molecule has 1 aromatic rings. The molecule has 1 heterocycles. The van der Waals surface area contributed by atoms with Gasteiger partial charge in [0.05, 0.1) is 18.2 Å². The number of nitrogens with two attached hydrogens (primary N) is 1. The predicted molar refractivity (Wildman–Crippen MR) is 60.8 cm³/mol. The van der Waals surface area contributed by atoms with Crippen LogP contribution in [0, 0.1) is 15.0 Å². The van der Waals surface area contributed by atoms with Crippen molar-refractivity contribution in [2.24, 2.45) is 5.73 Å². The second kappa shape index (κ2) is 5.50. The van der Waals surface area contributed by atoms with Crippen LogP contribution in [0.25, 0.3) is 0 Å². The molecule has 0 saturated heterocycles. The summed E-state index contributed by atoms with van der Waals surface area (Å²) in [5.74, 6) is -0.418. The summed E-state index contributed by atoms with van der Waals surface area (Å²) in [6.07, 6.45) is -5.01. The van der Waals surface area contributed by atoms with Crippen LogP contribution in [0.4, 0.5) is 13.2 Å². The van der Waals surface area contributed by atoms with Crippen molar-refractivity contribution in [1.82, 2.24) is 4.98 Å². The fourth-order valence-corrected chi connectivity index (χ4v) is 1.89. The molecule has 0 radical (unpaired) electrons. The Kier molecular flexibility index (Phi) is 4.53. The zero-order valence-corrected chi connectivity index (χ0v) is 10.5. The van der Waals surface area contributed by atoms with E-state index in [9.17, 15) is 13.2 Å². The van der Waals surface area contributed by atoms with Crippen LogP contribution in [0.5, 0.6) is 5.75 Å². The number of aromatic nitrogens is 1. The first kappa shape index (κ1) is 14.0. The summed E-state index contributed by atoms with van der Waals surface area (Å²) in [7, 11) is 0. The Morgan fingerprint density at radius 3 is 2.65 bits per heavy atom. The lowest BCUT2D eigenvalue weighted by molar-refractivity contribution is -0.274. The number of pyridine rings is 1. The van der Waals surface area contributed by atoms with Gasteiger partial charge in [0.25, 0.3) is 0 Å². The molecule has 0 saturated carbocycles. The van der Waals surface area contributed by atoms with E-state index in [0.717, 1.165) is 6.07 Å². The summed E-state index contributed by atoms with van der Waals surface area (Å²) < 4.78 is 40.7. The van der Waals surface area contributed by atoms with E-state index in [1.807, 2.05) is 0 Å². The molecule has 8 heteroatoms. The first-order valence-electron chi connectivity index (χ1n) is 4.38. The number of nitrogens with zero attached hydrogens (tertiary/aromatic N) is 2. The quantitative estimate of drug-likeness (QED) is 0.665. The lowest BCUT2D eigenvalue weighted by Crippen LogP contribution is -2.19. The first-order valence-corrected chi connectivity index (χ1v) is 5.46. The van der Waals surface area contributed by atoms with Gasteiger partial charge < -0.3 is 10.5 Å². The topological polar surface area (TPSA) is 71.9 Å². The molecule has 0 bridgehead atoms. The van der Waals surface area contributed by atoms with Crippen LogP contribution in [-0.2, 0) is 13.0 Å². The minimum Gasteiger partial charge on any atom is -0.405 e. The maximum absolute atomic E-state index is 12.2. The van der Waals surface area contributed by atoms with E-state index in [1.165, 1.54) is 0 Å². The van der Waals surface area contributed by atoms with Crippen LogP contribution in [0.15, 0.2) is 6.07 Å². The van der Waals surface area contributed by atoms with Crippen LogP contribution in [-0.4, -0.2) is 11.3 Å². The molecule has 1 rings (SSSR count). The predicted octanol–water partition coefficient (Wildman–Crippen LogP) is 2.11. The maximum Gasteiger partial charge on any atom is 0.573 e. The van der Waals surface area contributed by atoms with Gasteiger partial charge in [0.2, 0.25) is 0 Å². The lowest BCUT2D eigenvalue weighted by Gasteiger charge is -2.13. The number of halogens is 4. The number of ether oxygens (including phenoxy) is 1. The van der Waals surface area contributed by atoms with Crippen molar-refractivity contribution in [2.75, 3.05) is 0 Å². The fourth-order valence-electron chi connectivity index (χ4n) is 1.13. The number of alkyl halides is 3. The minimum absolute atomic E-state index is 0.00292. The normalized spacial score (nSPS) is 11.1. The highest BCUT2D eigenvalue weighted by Gasteiger charge is 2.32. The number of hydrogen-bond donors (Lipinski definition) is 1. The third-order valence-corrected chi connectivity index (χ3v) is 2.67. The highest BCUT2D eigenvalue weighted by atomic mass is 127. The third-order valence-electron chi connectivity index (χ3n) is 1.78. The molecule has 2 N–H and O–H groups in total. The standard InChI is InChI=1S/C9H7F3IN3O/c10-9(11,12)17-7-3-5(4-15)16-8(13)6(7)1-2-14/h3H,1,4,15H2. The van der Waals surface area contributed by atoms with E-state index >= 15 is 0 Å². The van der Waals surface area contributed by atoms with Crippen molar-refractivity contribution in [3.8, 4) is 11.8 Å². The zero-order chi connectivity index (χ0) is 13.1. The molecule has 0 fully saturated rings. The summed E-state index contributed by atoms with van der Waals surface area (Å²) in [5, 5.41) is 8.55. The molecule has 0 amide bonds. The summed E-state index contributed by atoms with van der Waals surface area (Å²) in [6.45, 7) is -0.00292. The van der Waals surface area contributed by atoms with Crippen LogP contribution in [0.1, 0.15) is 11.3 Å². The van der Waals surface area contributed by atoms with Crippen LogP contribution in [0.3, 0.4) is 0 Å². The number of nitriles is 1. The molecule has 17 heavy (non-hydrogen) atoms. The molecule has 0 spiro atoms. The minimum atomic E-state index is -4.81. The summed E-state index contributed by atoms with van der Waals surface area (Å²) >= 11 is 1.74. The molecule has 4 nitrogen and oxygen atoms in total. The van der Waals surface area contributed by atoms with Crippen LogP contribution in [0.2, 0.25) is 0 Å². The van der Waals surface area contributed by atoms with Gasteiger partial charge in [-0.15, -0.1) is 13.2 Å². The molecular formula is C9H7F3IN3O. The van der Waals surface area contributed by atoms with Crippen molar-refractivity contribution < 1.29 is 17.9 Å². The average molecular weight is 357 g/mol. The van der Waals surface area contributed by atoms with Gasteiger partial charge in [0.15, 0.2) is 0 Å². The summed E-state index contributed by atoms with van der Waals surface area (Å²) in [4.78, 5) is 3.96. The van der Waals surface area contributed by atoms with Crippen molar-refractivity contribution in [2.45, 2.75) is 19.3 Å². The van der Waals surface area contributed by atoms with Crippen molar-refractivity contribution in [3.05, 3.63) is 21.0 Å². The molecule has 0 aliphatic carbocycles. The summed E-state index contributed by atoms with van der Waals surface area (Å²) in [6, 6.07) is 2.86. The van der Waals surface area contributed by atoms with Gasteiger partial charge in [-0.25, -0.2) is 4.98 Å². The Hall–Kier alpha value is -1.08. The smallest absolute Gasteiger partial charge is 0.405 e. The second-order valence-electron chi connectivity index (χ2n) is 2.97. The lowest BCUT2D eigenvalue weighted by atomic mass is 10.2. The molecule has 0 aliphatic heterocycles. The molecule has 1 aromatic heterocycles. The molecule has 92 valence electrons. The number of hydrogen-bond acceptors (Lipinski definition) is 4. The Balaban J connectivity index is 3.23. The molecule has 0 atom stereocenters. The molecule has 0 aromatic carbocycles. The van der Waals surface area contributed by atoms with Crippen molar-refractivity contribution >= 4 is 22.6 Å². The molecule has 0 aliphatic rings. The van der Waals surface area contributed by atoms with E-state index < -0.39 is 12.1 Å². The van der Waals surface area contributed by atoms with Gasteiger partial charge in [-0.3, -0.25) is 0 Å². The maximum atomic E-state index is 12.2. The van der Waals surface area contributed by atoms with Gasteiger partial charge in [-0.05, 0) is 22.6 Å². The highest BCUT2D eigenvalue weighted by Crippen LogP contribution is 2.29. The Labute approximate surface area is 109 Å². The SMILES string of the molecule is N#CCc1c(OC(F)(F)F)cc(CN)nc1I. The molecule has 0 unspecified atom stereocenters. The van der Waals surface area contributed by atoms with Crippen LogP contribution < -0.4 is 10.5 Å². The van der Waals surface area contributed by atoms with E-state index in [2.05, 4.69) is 9.72 Å². The van der Waals surface area contributed by atoms with Gasteiger partial charge in [-0.2, -0.15) is 5.26 Å². The fraction of sp³-hybridized carbons (Fsp3) is 0.333. The van der Waals surface area contributed by atoms with Gasteiger partial charge in [0.1, 0.15) is 9.45 Å². The van der Waals surface area contributed by atoms with Crippen LogP contribution >= 0.6 is 22.6 Å². The van der Waals surface area contributed by atoms with Gasteiger partial charge in [0, 0.05) is 18.2 Å². The van der Waals surface area contributed by atoms with Crippen molar-refractivity contribution in [3.63, 3.8) is 0 Å². The largest absolute Gasteiger partial charge is 0.573 e. The third kappa shape index (κ3) is 4.01. The van der Waals surface area contributed by atoms with Gasteiger partial charge >= 0.3 is 6.36 Å². The molecular weight excluding hydrogens is 350 g/mol.